The second-order valence-electron chi connectivity index (χ2n) is 6.03. The van der Waals surface area contributed by atoms with Crippen molar-refractivity contribution in [1.29, 1.82) is 0 Å². The summed E-state index contributed by atoms with van der Waals surface area (Å²) in [5, 5.41) is 13.7. The van der Waals surface area contributed by atoms with E-state index in [2.05, 4.69) is 10.3 Å². The van der Waals surface area contributed by atoms with Gasteiger partial charge in [0.25, 0.3) is 11.6 Å². The Morgan fingerprint density at radius 1 is 1.23 bits per heavy atom. The smallest absolute Gasteiger partial charge is 0.290 e. The topological polar surface area (TPSA) is 104 Å². The Morgan fingerprint density at radius 2 is 1.96 bits per heavy atom. The third-order valence-corrected chi connectivity index (χ3v) is 4.06. The van der Waals surface area contributed by atoms with Crippen LogP contribution >= 0.6 is 0 Å². The van der Waals surface area contributed by atoms with Gasteiger partial charge < -0.3 is 14.8 Å². The summed E-state index contributed by atoms with van der Waals surface area (Å²) in [5.41, 5.74) is 0.419. The number of pyridine rings is 1. The van der Waals surface area contributed by atoms with E-state index in [9.17, 15) is 14.9 Å². The van der Waals surface area contributed by atoms with E-state index in [0.717, 1.165) is 12.8 Å². The van der Waals surface area contributed by atoms with Gasteiger partial charge in [0, 0.05) is 18.2 Å². The van der Waals surface area contributed by atoms with E-state index in [1.807, 2.05) is 0 Å². The first-order chi connectivity index (χ1) is 12.5. The predicted octanol–water partition coefficient (Wildman–Crippen LogP) is 3.14. The lowest BCUT2D eigenvalue weighted by Crippen LogP contribution is -2.36. The standard InChI is InChI=1S/C18H19N3O5/c1-12-10-17(20-11-15(12)21(23)24)26-14-7-5-13(6-8-14)25-16-4-2-3-9-19-18(16)22/h5-8,10-11,16H,2-4,9H2,1H3,(H,19,22). The van der Waals surface area contributed by atoms with Gasteiger partial charge in [-0.15, -0.1) is 0 Å². The number of benzene rings is 1. The summed E-state index contributed by atoms with van der Waals surface area (Å²) in [6.07, 6.45) is 3.28. The molecule has 1 aromatic heterocycles. The van der Waals surface area contributed by atoms with Crippen molar-refractivity contribution in [2.75, 3.05) is 6.54 Å². The van der Waals surface area contributed by atoms with Crippen molar-refractivity contribution in [2.45, 2.75) is 32.3 Å². The first-order valence-corrected chi connectivity index (χ1v) is 8.36. The summed E-state index contributed by atoms with van der Waals surface area (Å²) < 4.78 is 11.4. The number of aromatic nitrogens is 1. The fourth-order valence-electron chi connectivity index (χ4n) is 2.66. The number of nitrogens with one attached hydrogen (secondary N) is 1. The van der Waals surface area contributed by atoms with Gasteiger partial charge in [0.2, 0.25) is 5.88 Å². The average Bonchev–Trinajstić information content (AvgIpc) is 2.81. The van der Waals surface area contributed by atoms with Gasteiger partial charge in [-0.1, -0.05) is 0 Å². The van der Waals surface area contributed by atoms with Crippen molar-refractivity contribution >= 4 is 11.6 Å². The maximum absolute atomic E-state index is 11.9. The summed E-state index contributed by atoms with van der Waals surface area (Å²) in [4.78, 5) is 26.2. The molecule has 1 unspecified atom stereocenters. The van der Waals surface area contributed by atoms with Gasteiger partial charge in [0.1, 0.15) is 17.7 Å². The molecule has 2 aromatic rings. The first kappa shape index (κ1) is 17.7. The van der Waals surface area contributed by atoms with Crippen LogP contribution in [0.15, 0.2) is 36.5 Å². The van der Waals surface area contributed by atoms with Crippen LogP contribution in [0.2, 0.25) is 0 Å². The van der Waals surface area contributed by atoms with Crippen molar-refractivity contribution in [3.05, 3.63) is 52.2 Å². The second kappa shape index (κ2) is 7.81. The van der Waals surface area contributed by atoms with Gasteiger partial charge in [-0.25, -0.2) is 4.98 Å². The Bertz CT molecular complexity index is 807. The molecule has 0 saturated carbocycles. The highest BCUT2D eigenvalue weighted by Gasteiger charge is 2.22. The molecule has 1 amide bonds. The zero-order valence-corrected chi connectivity index (χ0v) is 14.3. The molecule has 3 rings (SSSR count). The molecule has 1 aliphatic rings. The number of nitrogens with zero attached hydrogens (tertiary/aromatic N) is 2. The number of carbonyl (C=O) groups excluding carboxylic acids is 1. The van der Waals surface area contributed by atoms with Crippen molar-refractivity contribution < 1.29 is 19.2 Å². The molecular weight excluding hydrogens is 338 g/mol. The van der Waals surface area contributed by atoms with Crippen LogP contribution in [0.4, 0.5) is 5.69 Å². The molecule has 1 aliphatic heterocycles. The summed E-state index contributed by atoms with van der Waals surface area (Å²) in [6, 6.07) is 8.33. The molecule has 1 N–H and O–H groups in total. The lowest BCUT2D eigenvalue weighted by molar-refractivity contribution is -0.385. The van der Waals surface area contributed by atoms with Gasteiger partial charge in [-0.3, -0.25) is 14.9 Å². The monoisotopic (exact) mass is 357 g/mol. The maximum atomic E-state index is 11.9. The molecule has 136 valence electrons. The minimum atomic E-state index is -0.484. The van der Waals surface area contributed by atoms with Crippen molar-refractivity contribution in [2.24, 2.45) is 0 Å². The predicted molar refractivity (Wildman–Crippen MR) is 93.4 cm³/mol. The van der Waals surface area contributed by atoms with E-state index < -0.39 is 11.0 Å². The van der Waals surface area contributed by atoms with E-state index in [0.29, 0.717) is 30.0 Å². The molecule has 8 nitrogen and oxygen atoms in total. The van der Waals surface area contributed by atoms with Gasteiger partial charge in [-0.2, -0.15) is 0 Å². The number of hydrogen-bond acceptors (Lipinski definition) is 6. The van der Waals surface area contributed by atoms with E-state index in [4.69, 9.17) is 9.47 Å². The normalized spacial score (nSPS) is 17.1. The van der Waals surface area contributed by atoms with E-state index >= 15 is 0 Å². The highest BCUT2D eigenvalue weighted by Crippen LogP contribution is 2.26. The molecule has 2 heterocycles. The first-order valence-electron chi connectivity index (χ1n) is 8.36. The quantitative estimate of drug-likeness (QED) is 0.651. The van der Waals surface area contributed by atoms with E-state index in [1.54, 1.807) is 31.2 Å². The lowest BCUT2D eigenvalue weighted by atomic mass is 10.2. The highest BCUT2D eigenvalue weighted by molar-refractivity contribution is 5.81. The van der Waals surface area contributed by atoms with Crippen molar-refractivity contribution in [3.63, 3.8) is 0 Å². The molecule has 1 aromatic carbocycles. The Kier molecular flexibility index (Phi) is 5.31. The van der Waals surface area contributed by atoms with Crippen LogP contribution in [-0.4, -0.2) is 28.5 Å². The Balaban J connectivity index is 1.65. The van der Waals surface area contributed by atoms with E-state index in [-0.39, 0.29) is 17.5 Å². The fraction of sp³-hybridized carbons (Fsp3) is 0.333. The number of ether oxygens (including phenoxy) is 2. The summed E-state index contributed by atoms with van der Waals surface area (Å²) in [7, 11) is 0. The summed E-state index contributed by atoms with van der Waals surface area (Å²) in [6.45, 7) is 2.31. The molecule has 8 heteroatoms. The lowest BCUT2D eigenvalue weighted by Gasteiger charge is -2.16. The number of carbonyl (C=O) groups is 1. The van der Waals surface area contributed by atoms with Crippen LogP contribution < -0.4 is 14.8 Å². The molecule has 1 fully saturated rings. The van der Waals surface area contributed by atoms with Crippen LogP contribution in [0.5, 0.6) is 17.4 Å². The summed E-state index contributed by atoms with van der Waals surface area (Å²) >= 11 is 0. The van der Waals surface area contributed by atoms with Crippen LogP contribution in [-0.2, 0) is 4.79 Å². The molecule has 0 bridgehead atoms. The number of rotatable bonds is 5. The SMILES string of the molecule is Cc1cc(Oc2ccc(OC3CCCCNC3=O)cc2)ncc1[N+](=O)[O-]. The average molecular weight is 357 g/mol. The Morgan fingerprint density at radius 3 is 2.65 bits per heavy atom. The minimum absolute atomic E-state index is 0.0530. The Hall–Kier alpha value is -3.16. The molecule has 1 atom stereocenters. The number of amides is 1. The second-order valence-corrected chi connectivity index (χ2v) is 6.03. The van der Waals surface area contributed by atoms with Crippen molar-refractivity contribution in [1.82, 2.24) is 10.3 Å². The molecule has 0 radical (unpaired) electrons. The molecule has 26 heavy (non-hydrogen) atoms. The molecule has 0 aliphatic carbocycles. The van der Waals surface area contributed by atoms with E-state index in [1.165, 1.54) is 12.3 Å². The van der Waals surface area contributed by atoms with Crippen LogP contribution in [0.1, 0.15) is 24.8 Å². The minimum Gasteiger partial charge on any atom is -0.481 e. The third kappa shape index (κ3) is 4.27. The molecule has 1 saturated heterocycles. The molecular formula is C18H19N3O5. The zero-order valence-electron chi connectivity index (χ0n) is 14.3. The zero-order chi connectivity index (χ0) is 18.5. The maximum Gasteiger partial charge on any atom is 0.290 e. The Labute approximate surface area is 150 Å². The van der Waals surface area contributed by atoms with Crippen LogP contribution in [0.25, 0.3) is 0 Å². The largest absolute Gasteiger partial charge is 0.481 e. The number of aryl methyl sites for hydroxylation is 1. The van der Waals surface area contributed by atoms with Gasteiger partial charge in [-0.05, 0) is 50.5 Å². The molecule has 0 spiro atoms. The van der Waals surface area contributed by atoms with Gasteiger partial charge in [0.05, 0.1) is 4.92 Å². The van der Waals surface area contributed by atoms with Crippen LogP contribution in [0, 0.1) is 17.0 Å². The van der Waals surface area contributed by atoms with Gasteiger partial charge >= 0.3 is 0 Å². The van der Waals surface area contributed by atoms with Crippen LogP contribution in [0.3, 0.4) is 0 Å². The number of hydrogen-bond donors (Lipinski definition) is 1. The van der Waals surface area contributed by atoms with Crippen molar-refractivity contribution in [3.8, 4) is 17.4 Å². The summed E-state index contributed by atoms with van der Waals surface area (Å²) in [5.74, 6) is 1.27. The number of nitro groups is 1. The van der Waals surface area contributed by atoms with Gasteiger partial charge in [0.15, 0.2) is 6.10 Å². The fourth-order valence-corrected chi connectivity index (χ4v) is 2.66. The third-order valence-electron chi connectivity index (χ3n) is 4.06. The highest BCUT2D eigenvalue weighted by atomic mass is 16.6.